The fourth-order valence-corrected chi connectivity index (χ4v) is 3.45. The van der Waals surface area contributed by atoms with Gasteiger partial charge in [-0.05, 0) is 38.3 Å². The Kier molecular flexibility index (Phi) is 7.35. The van der Waals surface area contributed by atoms with Crippen LogP contribution in [0.1, 0.15) is 48.6 Å². The molecule has 1 aromatic heterocycles. The summed E-state index contributed by atoms with van der Waals surface area (Å²) in [5, 5.41) is 3.94. The lowest BCUT2D eigenvalue weighted by atomic mass is 10.2. The first-order valence-corrected chi connectivity index (χ1v) is 10.2. The van der Waals surface area contributed by atoms with Gasteiger partial charge >= 0.3 is 0 Å². The summed E-state index contributed by atoms with van der Waals surface area (Å²) in [7, 11) is 0. The Bertz CT molecular complexity index is 804. The summed E-state index contributed by atoms with van der Waals surface area (Å²) in [6, 6.07) is 5.81. The maximum Gasteiger partial charge on any atom is 0.273 e. The molecule has 1 saturated heterocycles. The first kappa shape index (κ1) is 21.1. The number of carbonyl (C=O) groups excluding carboxylic acids is 1. The Morgan fingerprint density at radius 2 is 2.18 bits per heavy atom. The third-order valence-corrected chi connectivity index (χ3v) is 5.63. The highest BCUT2D eigenvalue weighted by atomic mass is 35.5. The normalized spacial score (nSPS) is 16.9. The molecule has 1 fully saturated rings. The predicted octanol–water partition coefficient (Wildman–Crippen LogP) is 4.30. The fourth-order valence-electron chi connectivity index (χ4n) is 3.07. The summed E-state index contributed by atoms with van der Waals surface area (Å²) < 4.78 is 11.0. The van der Waals surface area contributed by atoms with Gasteiger partial charge in [-0.2, -0.15) is 0 Å². The van der Waals surface area contributed by atoms with Gasteiger partial charge in [-0.25, -0.2) is 4.98 Å². The molecule has 1 N–H and O–H groups in total. The number of carbonyl (C=O) groups is 1. The highest BCUT2D eigenvalue weighted by Gasteiger charge is 2.20. The largest absolute Gasteiger partial charge is 0.447 e. The van der Waals surface area contributed by atoms with Crippen LogP contribution in [0.2, 0.25) is 10.0 Å². The van der Waals surface area contributed by atoms with Crippen molar-refractivity contribution in [3.63, 3.8) is 0 Å². The number of ether oxygens (including phenoxy) is 1. The second kappa shape index (κ2) is 9.74. The van der Waals surface area contributed by atoms with Gasteiger partial charge in [0.25, 0.3) is 5.91 Å². The maximum absolute atomic E-state index is 12.3. The molecule has 1 aliphatic rings. The van der Waals surface area contributed by atoms with Crippen molar-refractivity contribution in [2.75, 3.05) is 13.2 Å². The summed E-state index contributed by atoms with van der Waals surface area (Å²) in [5.41, 5.74) is 1.21. The SMILES string of the molecule is CC(C)N(Cc1nc(C(=O)NCC2CCCO2)co1)Cc1cccc(Cl)c1Cl. The van der Waals surface area contributed by atoms with E-state index in [2.05, 4.69) is 29.0 Å². The fraction of sp³-hybridized carbons (Fsp3) is 0.500. The van der Waals surface area contributed by atoms with Crippen LogP contribution >= 0.6 is 23.2 Å². The van der Waals surface area contributed by atoms with Crippen molar-refractivity contribution in [3.05, 3.63) is 51.7 Å². The number of oxazole rings is 1. The highest BCUT2D eigenvalue weighted by Crippen LogP contribution is 2.27. The third-order valence-electron chi connectivity index (χ3n) is 4.77. The topological polar surface area (TPSA) is 67.6 Å². The first-order valence-electron chi connectivity index (χ1n) is 9.45. The Balaban J connectivity index is 1.60. The molecule has 0 aliphatic carbocycles. The van der Waals surface area contributed by atoms with E-state index >= 15 is 0 Å². The molecule has 1 aliphatic heterocycles. The van der Waals surface area contributed by atoms with Crippen molar-refractivity contribution in [1.29, 1.82) is 0 Å². The molecule has 2 heterocycles. The minimum Gasteiger partial charge on any atom is -0.447 e. The standard InChI is InChI=1S/C20H25Cl2N3O3/c1-13(2)25(10-14-5-3-7-16(21)19(14)22)11-18-24-17(12-28-18)20(26)23-9-15-6-4-8-27-15/h3,5,7,12-13,15H,4,6,8-11H2,1-2H3,(H,23,26). The molecule has 1 unspecified atom stereocenters. The Hall–Kier alpha value is -1.60. The summed E-state index contributed by atoms with van der Waals surface area (Å²) in [5.74, 6) is 0.230. The second-order valence-corrected chi connectivity index (χ2v) is 7.97. The quantitative estimate of drug-likeness (QED) is 0.682. The van der Waals surface area contributed by atoms with Crippen molar-refractivity contribution >= 4 is 29.1 Å². The van der Waals surface area contributed by atoms with Crippen LogP contribution in [0.15, 0.2) is 28.9 Å². The second-order valence-electron chi connectivity index (χ2n) is 7.18. The zero-order valence-electron chi connectivity index (χ0n) is 16.1. The Morgan fingerprint density at radius 1 is 1.36 bits per heavy atom. The Morgan fingerprint density at radius 3 is 2.89 bits per heavy atom. The van der Waals surface area contributed by atoms with Crippen molar-refractivity contribution < 1.29 is 13.9 Å². The molecule has 1 aromatic carbocycles. The van der Waals surface area contributed by atoms with Crippen LogP contribution in [0.3, 0.4) is 0 Å². The first-order chi connectivity index (χ1) is 13.4. The summed E-state index contributed by atoms with van der Waals surface area (Å²) in [6.07, 6.45) is 3.50. The van der Waals surface area contributed by atoms with Crippen LogP contribution in [0.25, 0.3) is 0 Å². The molecule has 152 valence electrons. The van der Waals surface area contributed by atoms with Crippen LogP contribution in [0, 0.1) is 0 Å². The van der Waals surface area contributed by atoms with E-state index in [0.717, 1.165) is 25.0 Å². The minimum absolute atomic E-state index is 0.0919. The molecule has 2 aromatic rings. The number of hydrogen-bond acceptors (Lipinski definition) is 5. The summed E-state index contributed by atoms with van der Waals surface area (Å²) in [6.45, 7) is 6.47. The van der Waals surface area contributed by atoms with Gasteiger partial charge < -0.3 is 14.5 Å². The van der Waals surface area contributed by atoms with Crippen LogP contribution < -0.4 is 5.32 Å². The monoisotopic (exact) mass is 425 g/mol. The van der Waals surface area contributed by atoms with Crippen LogP contribution in [0.4, 0.5) is 0 Å². The molecule has 0 saturated carbocycles. The zero-order chi connectivity index (χ0) is 20.1. The summed E-state index contributed by atoms with van der Waals surface area (Å²) >= 11 is 12.4. The van der Waals surface area contributed by atoms with Gasteiger partial charge in [-0.15, -0.1) is 0 Å². The van der Waals surface area contributed by atoms with E-state index in [9.17, 15) is 4.79 Å². The van der Waals surface area contributed by atoms with E-state index in [1.165, 1.54) is 6.26 Å². The molecule has 3 rings (SSSR count). The molecular weight excluding hydrogens is 401 g/mol. The number of amides is 1. The molecule has 8 heteroatoms. The number of nitrogens with zero attached hydrogens (tertiary/aromatic N) is 2. The van der Waals surface area contributed by atoms with Crippen LogP contribution in [-0.2, 0) is 17.8 Å². The van der Waals surface area contributed by atoms with Crippen molar-refractivity contribution in [3.8, 4) is 0 Å². The third kappa shape index (κ3) is 5.47. The average molecular weight is 426 g/mol. The molecule has 0 radical (unpaired) electrons. The van der Waals surface area contributed by atoms with E-state index in [1.807, 2.05) is 12.1 Å². The van der Waals surface area contributed by atoms with Gasteiger partial charge in [0, 0.05) is 25.7 Å². The number of benzene rings is 1. The van der Waals surface area contributed by atoms with Crippen LogP contribution in [-0.4, -0.2) is 41.1 Å². The molecular formula is C20H25Cl2N3O3. The lowest BCUT2D eigenvalue weighted by Crippen LogP contribution is -2.32. The average Bonchev–Trinajstić information content (AvgIpc) is 3.34. The van der Waals surface area contributed by atoms with E-state index in [4.69, 9.17) is 32.4 Å². The molecule has 28 heavy (non-hydrogen) atoms. The van der Waals surface area contributed by atoms with E-state index in [0.29, 0.717) is 35.6 Å². The van der Waals surface area contributed by atoms with Crippen molar-refractivity contribution in [2.24, 2.45) is 0 Å². The van der Waals surface area contributed by atoms with Gasteiger partial charge in [0.05, 0.1) is 22.7 Å². The predicted molar refractivity (Wildman–Crippen MR) is 109 cm³/mol. The van der Waals surface area contributed by atoms with Crippen LogP contribution in [0.5, 0.6) is 0 Å². The molecule has 0 spiro atoms. The number of hydrogen-bond donors (Lipinski definition) is 1. The molecule has 0 bridgehead atoms. The number of aromatic nitrogens is 1. The van der Waals surface area contributed by atoms with Gasteiger partial charge in [0.2, 0.25) is 5.89 Å². The molecule has 1 amide bonds. The maximum atomic E-state index is 12.3. The zero-order valence-corrected chi connectivity index (χ0v) is 17.6. The minimum atomic E-state index is -0.250. The van der Waals surface area contributed by atoms with Gasteiger partial charge in [-0.1, -0.05) is 35.3 Å². The number of rotatable bonds is 8. The van der Waals surface area contributed by atoms with E-state index < -0.39 is 0 Å². The van der Waals surface area contributed by atoms with Gasteiger partial charge in [0.15, 0.2) is 5.69 Å². The van der Waals surface area contributed by atoms with Gasteiger partial charge in [-0.3, -0.25) is 9.69 Å². The molecule has 1 atom stereocenters. The Labute approximate surface area is 175 Å². The lowest BCUT2D eigenvalue weighted by Gasteiger charge is -2.25. The highest BCUT2D eigenvalue weighted by molar-refractivity contribution is 6.42. The van der Waals surface area contributed by atoms with Crippen molar-refractivity contribution in [1.82, 2.24) is 15.2 Å². The van der Waals surface area contributed by atoms with Crippen molar-refractivity contribution in [2.45, 2.75) is 51.9 Å². The number of halogens is 2. The summed E-state index contributed by atoms with van der Waals surface area (Å²) in [4.78, 5) is 18.8. The lowest BCUT2D eigenvalue weighted by molar-refractivity contribution is 0.0853. The molecule has 6 nitrogen and oxygen atoms in total. The van der Waals surface area contributed by atoms with E-state index in [1.54, 1.807) is 6.07 Å². The van der Waals surface area contributed by atoms with Gasteiger partial charge in [0.1, 0.15) is 6.26 Å². The number of nitrogens with one attached hydrogen (secondary N) is 1. The van der Waals surface area contributed by atoms with E-state index in [-0.39, 0.29) is 23.7 Å². The smallest absolute Gasteiger partial charge is 0.273 e.